The molecule has 0 unspecified atom stereocenters. The van der Waals surface area contributed by atoms with Crippen LogP contribution in [0, 0.1) is 0 Å². The lowest BCUT2D eigenvalue weighted by Gasteiger charge is -2.10. The minimum absolute atomic E-state index is 0.244. The van der Waals surface area contributed by atoms with Crippen molar-refractivity contribution in [1.29, 1.82) is 0 Å². The zero-order valence-electron chi connectivity index (χ0n) is 13.6. The van der Waals surface area contributed by atoms with Crippen LogP contribution in [-0.4, -0.2) is 11.2 Å². The van der Waals surface area contributed by atoms with E-state index in [-0.39, 0.29) is 18.5 Å². The molecule has 130 valence electrons. The quantitative estimate of drug-likeness (QED) is 0.550. The lowest BCUT2D eigenvalue weighted by atomic mass is 10.1. The maximum atomic E-state index is 12.1. The highest BCUT2D eigenvalue weighted by Crippen LogP contribution is 2.21. The first-order valence-electron chi connectivity index (χ1n) is 8.07. The van der Waals surface area contributed by atoms with Gasteiger partial charge >= 0.3 is 11.4 Å². The van der Waals surface area contributed by atoms with Gasteiger partial charge in [0.25, 0.3) is 0 Å². The van der Waals surface area contributed by atoms with Gasteiger partial charge in [-0.3, -0.25) is 4.57 Å². The van der Waals surface area contributed by atoms with Gasteiger partial charge in [-0.1, -0.05) is 41.9 Å². The maximum Gasteiger partial charge on any atom is 0.422 e. The number of rotatable bonds is 4. The van der Waals surface area contributed by atoms with Crippen LogP contribution < -0.4 is 16.1 Å². The standard InChI is InChI=1S/C20H14ClNO4/c21-15-6-8-18-17(12-15)19(23)26-20(24)22(18)9-10-25-16-7-5-13-3-1-2-4-14(13)11-16/h1-8,11-12H,9-10H2. The van der Waals surface area contributed by atoms with Crippen molar-refractivity contribution in [2.45, 2.75) is 6.54 Å². The summed E-state index contributed by atoms with van der Waals surface area (Å²) in [5.74, 6) is -0.00610. The Labute approximate surface area is 153 Å². The molecule has 4 rings (SSSR count). The first-order valence-corrected chi connectivity index (χ1v) is 8.44. The fourth-order valence-electron chi connectivity index (χ4n) is 2.92. The molecule has 0 atom stereocenters. The second-order valence-electron chi connectivity index (χ2n) is 5.83. The average Bonchev–Trinajstić information content (AvgIpc) is 2.64. The fourth-order valence-corrected chi connectivity index (χ4v) is 3.09. The van der Waals surface area contributed by atoms with Crippen LogP contribution in [0.1, 0.15) is 0 Å². The van der Waals surface area contributed by atoms with Gasteiger partial charge in [-0.15, -0.1) is 0 Å². The summed E-state index contributed by atoms with van der Waals surface area (Å²) in [6.07, 6.45) is 0. The van der Waals surface area contributed by atoms with Gasteiger partial charge in [-0.25, -0.2) is 9.59 Å². The molecule has 0 amide bonds. The van der Waals surface area contributed by atoms with Crippen molar-refractivity contribution in [2.24, 2.45) is 0 Å². The summed E-state index contributed by atoms with van der Waals surface area (Å²) in [5.41, 5.74) is -0.225. The molecule has 0 aliphatic carbocycles. The van der Waals surface area contributed by atoms with Gasteiger partial charge in [0.2, 0.25) is 0 Å². The van der Waals surface area contributed by atoms with E-state index in [4.69, 9.17) is 20.8 Å². The molecule has 0 spiro atoms. The van der Waals surface area contributed by atoms with E-state index < -0.39 is 11.4 Å². The highest BCUT2D eigenvalue weighted by molar-refractivity contribution is 6.31. The molecule has 0 aliphatic rings. The molecule has 0 radical (unpaired) electrons. The van der Waals surface area contributed by atoms with Crippen molar-refractivity contribution in [1.82, 2.24) is 4.57 Å². The molecule has 4 aromatic rings. The molecule has 26 heavy (non-hydrogen) atoms. The Morgan fingerprint density at radius 3 is 2.62 bits per heavy atom. The van der Waals surface area contributed by atoms with Gasteiger partial charge in [0.15, 0.2) is 0 Å². The van der Waals surface area contributed by atoms with Crippen LogP contribution in [0.15, 0.2) is 74.7 Å². The Morgan fingerprint density at radius 2 is 1.77 bits per heavy atom. The van der Waals surface area contributed by atoms with Gasteiger partial charge in [0, 0.05) is 5.02 Å². The van der Waals surface area contributed by atoms with E-state index in [1.165, 1.54) is 10.6 Å². The van der Waals surface area contributed by atoms with E-state index in [0.717, 1.165) is 10.8 Å². The first-order chi connectivity index (χ1) is 12.6. The number of nitrogens with zero attached hydrogens (tertiary/aromatic N) is 1. The molecular formula is C20H14ClNO4. The highest BCUT2D eigenvalue weighted by Gasteiger charge is 2.10. The van der Waals surface area contributed by atoms with E-state index in [9.17, 15) is 9.59 Å². The number of halogens is 1. The van der Waals surface area contributed by atoms with Crippen LogP contribution in [0.2, 0.25) is 5.02 Å². The van der Waals surface area contributed by atoms with Crippen LogP contribution in [0.5, 0.6) is 5.75 Å². The lowest BCUT2D eigenvalue weighted by molar-refractivity contribution is 0.287. The summed E-state index contributed by atoms with van der Waals surface area (Å²) < 4.78 is 11.9. The predicted octanol–water partition coefficient (Wildman–Crippen LogP) is 3.84. The summed E-state index contributed by atoms with van der Waals surface area (Å²) >= 11 is 5.92. The molecule has 0 saturated carbocycles. The molecule has 3 aromatic carbocycles. The minimum Gasteiger partial charge on any atom is -0.492 e. The smallest absolute Gasteiger partial charge is 0.422 e. The van der Waals surface area contributed by atoms with Crippen LogP contribution in [0.3, 0.4) is 0 Å². The largest absolute Gasteiger partial charge is 0.492 e. The Balaban J connectivity index is 1.59. The van der Waals surface area contributed by atoms with Crippen molar-refractivity contribution < 1.29 is 9.15 Å². The SMILES string of the molecule is O=c1oc(=O)n(CCOc2ccc3ccccc3c2)c2ccc(Cl)cc12. The highest BCUT2D eigenvalue weighted by atomic mass is 35.5. The van der Waals surface area contributed by atoms with Crippen molar-refractivity contribution in [3.63, 3.8) is 0 Å². The lowest BCUT2D eigenvalue weighted by Crippen LogP contribution is -2.27. The second kappa shape index (κ2) is 6.69. The second-order valence-corrected chi connectivity index (χ2v) is 6.26. The first kappa shape index (κ1) is 16.4. The van der Waals surface area contributed by atoms with Gasteiger partial charge in [-0.05, 0) is 41.1 Å². The molecule has 0 fully saturated rings. The van der Waals surface area contributed by atoms with Crippen LogP contribution in [0.4, 0.5) is 0 Å². The maximum absolute atomic E-state index is 12.1. The number of fused-ring (bicyclic) bond motifs is 2. The topological polar surface area (TPSA) is 61.4 Å². The van der Waals surface area contributed by atoms with E-state index >= 15 is 0 Å². The van der Waals surface area contributed by atoms with Crippen molar-refractivity contribution in [3.8, 4) is 5.75 Å². The van der Waals surface area contributed by atoms with E-state index in [0.29, 0.717) is 16.3 Å². The van der Waals surface area contributed by atoms with Gasteiger partial charge in [0.1, 0.15) is 12.4 Å². The summed E-state index contributed by atoms with van der Waals surface area (Å²) in [6.45, 7) is 0.497. The van der Waals surface area contributed by atoms with Gasteiger partial charge < -0.3 is 9.15 Å². The summed E-state index contributed by atoms with van der Waals surface area (Å²) in [7, 11) is 0. The number of aromatic nitrogens is 1. The molecule has 0 N–H and O–H groups in total. The Hall–Kier alpha value is -3.05. The average molecular weight is 368 g/mol. The van der Waals surface area contributed by atoms with Crippen LogP contribution in [-0.2, 0) is 6.54 Å². The Kier molecular flexibility index (Phi) is 4.22. The molecule has 0 aliphatic heterocycles. The van der Waals surface area contributed by atoms with Crippen molar-refractivity contribution in [2.75, 3.05) is 6.61 Å². The zero-order chi connectivity index (χ0) is 18.1. The molecule has 1 aromatic heterocycles. The molecule has 1 heterocycles. The number of hydrogen-bond acceptors (Lipinski definition) is 4. The van der Waals surface area contributed by atoms with Gasteiger partial charge in [0.05, 0.1) is 17.4 Å². The van der Waals surface area contributed by atoms with Crippen molar-refractivity contribution in [3.05, 3.63) is 86.7 Å². The Morgan fingerprint density at radius 1 is 0.962 bits per heavy atom. The third-order valence-corrected chi connectivity index (χ3v) is 4.41. The molecule has 5 nitrogen and oxygen atoms in total. The van der Waals surface area contributed by atoms with E-state index in [2.05, 4.69) is 0 Å². The normalized spacial score (nSPS) is 11.1. The zero-order valence-corrected chi connectivity index (χ0v) is 14.4. The number of hydrogen-bond donors (Lipinski definition) is 0. The van der Waals surface area contributed by atoms with E-state index in [1.807, 2.05) is 42.5 Å². The van der Waals surface area contributed by atoms with Gasteiger partial charge in [-0.2, -0.15) is 0 Å². The third kappa shape index (κ3) is 3.09. The summed E-state index contributed by atoms with van der Waals surface area (Å²) in [6, 6.07) is 18.5. The number of ether oxygens (including phenoxy) is 1. The monoisotopic (exact) mass is 367 g/mol. The minimum atomic E-state index is -0.716. The predicted molar refractivity (Wildman–Crippen MR) is 101 cm³/mol. The van der Waals surface area contributed by atoms with Crippen LogP contribution >= 0.6 is 11.6 Å². The molecular weight excluding hydrogens is 354 g/mol. The molecule has 0 saturated heterocycles. The fraction of sp³-hybridized carbons (Fsp3) is 0.100. The van der Waals surface area contributed by atoms with Crippen LogP contribution in [0.25, 0.3) is 21.7 Å². The van der Waals surface area contributed by atoms with E-state index in [1.54, 1.807) is 12.1 Å². The Bertz CT molecular complexity index is 1230. The molecule has 0 bridgehead atoms. The summed E-state index contributed by atoms with van der Waals surface area (Å²) in [4.78, 5) is 23.9. The molecule has 6 heteroatoms. The number of benzene rings is 3. The third-order valence-electron chi connectivity index (χ3n) is 4.17. The van der Waals surface area contributed by atoms with Crippen molar-refractivity contribution >= 4 is 33.3 Å². The summed E-state index contributed by atoms with van der Waals surface area (Å²) in [5, 5.41) is 2.88.